The Hall–Kier alpha value is -1.32. The zero-order valence-electron chi connectivity index (χ0n) is 11.6. The third kappa shape index (κ3) is 5.02. The molecule has 4 heteroatoms. The van der Waals surface area contributed by atoms with E-state index in [4.69, 9.17) is 0 Å². The largest absolute Gasteiger partial charge is 0.373 e. The van der Waals surface area contributed by atoms with E-state index in [9.17, 15) is 0 Å². The Morgan fingerprint density at radius 1 is 1.18 bits per heavy atom. The Morgan fingerprint density at radius 2 is 1.82 bits per heavy atom. The van der Waals surface area contributed by atoms with Gasteiger partial charge in [-0.15, -0.1) is 0 Å². The molecule has 1 aromatic heterocycles. The van der Waals surface area contributed by atoms with Crippen molar-refractivity contribution in [3.05, 3.63) is 11.9 Å². The number of rotatable bonds is 5. The minimum absolute atomic E-state index is 0.246. The van der Waals surface area contributed by atoms with Crippen molar-refractivity contribution < 1.29 is 0 Å². The van der Waals surface area contributed by atoms with Crippen LogP contribution < -0.4 is 10.6 Å². The molecular formula is C13H24N4. The number of hydrogen-bond acceptors (Lipinski definition) is 4. The first-order valence-corrected chi connectivity index (χ1v) is 6.24. The van der Waals surface area contributed by atoms with Crippen LogP contribution in [-0.2, 0) is 6.42 Å². The minimum atomic E-state index is 0.246. The lowest BCUT2D eigenvalue weighted by atomic mass is 9.97. The van der Waals surface area contributed by atoms with Crippen molar-refractivity contribution >= 4 is 11.6 Å². The zero-order valence-corrected chi connectivity index (χ0v) is 11.6. The molecule has 0 radical (unpaired) electrons. The number of nitrogens with zero attached hydrogens (tertiary/aromatic N) is 2. The summed E-state index contributed by atoms with van der Waals surface area (Å²) in [6.07, 6.45) is 1.98. The summed E-state index contributed by atoms with van der Waals surface area (Å²) in [5.74, 6) is 2.68. The Bertz CT molecular complexity index is 355. The summed E-state index contributed by atoms with van der Waals surface area (Å²) in [7, 11) is 1.88. The molecule has 0 spiro atoms. The summed E-state index contributed by atoms with van der Waals surface area (Å²) in [5.41, 5.74) is 0.246. The second-order valence-corrected chi connectivity index (χ2v) is 5.47. The van der Waals surface area contributed by atoms with Crippen LogP contribution in [0.4, 0.5) is 11.6 Å². The molecule has 0 amide bonds. The molecule has 1 heterocycles. The van der Waals surface area contributed by atoms with Gasteiger partial charge in [0, 0.05) is 26.1 Å². The van der Waals surface area contributed by atoms with Crippen molar-refractivity contribution in [2.75, 3.05) is 24.2 Å². The Morgan fingerprint density at radius 3 is 2.35 bits per heavy atom. The second-order valence-electron chi connectivity index (χ2n) is 5.47. The third-order valence-electron chi connectivity index (χ3n) is 2.30. The van der Waals surface area contributed by atoms with Gasteiger partial charge in [0.1, 0.15) is 17.5 Å². The Kier molecular flexibility index (Phi) is 4.73. The molecule has 4 nitrogen and oxygen atoms in total. The molecule has 0 aliphatic carbocycles. The number of aryl methyl sites for hydroxylation is 1. The Balaban J connectivity index is 2.79. The summed E-state index contributed by atoms with van der Waals surface area (Å²) in [5, 5.41) is 6.44. The lowest BCUT2D eigenvalue weighted by Crippen LogP contribution is -2.20. The first-order chi connectivity index (χ1) is 7.94. The van der Waals surface area contributed by atoms with Gasteiger partial charge in [0.05, 0.1) is 0 Å². The average molecular weight is 236 g/mol. The number of anilines is 2. The van der Waals surface area contributed by atoms with Crippen LogP contribution in [0.1, 0.15) is 39.9 Å². The quantitative estimate of drug-likeness (QED) is 0.825. The van der Waals surface area contributed by atoms with E-state index < -0.39 is 0 Å². The van der Waals surface area contributed by atoms with E-state index in [1.807, 2.05) is 13.1 Å². The van der Waals surface area contributed by atoms with E-state index in [0.29, 0.717) is 0 Å². The fourth-order valence-corrected chi connectivity index (χ4v) is 1.41. The highest BCUT2D eigenvalue weighted by atomic mass is 15.1. The first-order valence-electron chi connectivity index (χ1n) is 6.24. The summed E-state index contributed by atoms with van der Waals surface area (Å²) < 4.78 is 0. The van der Waals surface area contributed by atoms with Gasteiger partial charge in [0.15, 0.2) is 0 Å². The number of aromatic nitrogens is 2. The molecule has 0 fully saturated rings. The van der Waals surface area contributed by atoms with E-state index >= 15 is 0 Å². The fraction of sp³-hybridized carbons (Fsp3) is 0.692. The molecule has 1 rings (SSSR count). The standard InChI is InChI=1S/C13H24N4/c1-6-7-10-16-11(14-5)8-12(17-10)15-9-13(2,3)4/h8H,6-7,9H2,1-5H3,(H2,14,15,16,17). The molecule has 0 atom stereocenters. The molecule has 96 valence electrons. The minimum Gasteiger partial charge on any atom is -0.373 e. The molecule has 1 aromatic rings. The molecule has 17 heavy (non-hydrogen) atoms. The molecule has 0 saturated carbocycles. The van der Waals surface area contributed by atoms with Gasteiger partial charge >= 0.3 is 0 Å². The van der Waals surface area contributed by atoms with Gasteiger partial charge < -0.3 is 10.6 Å². The first kappa shape index (κ1) is 13.7. The number of nitrogens with one attached hydrogen (secondary N) is 2. The van der Waals surface area contributed by atoms with Crippen LogP contribution in [0, 0.1) is 5.41 Å². The summed E-state index contributed by atoms with van der Waals surface area (Å²) in [6.45, 7) is 9.64. The molecule has 2 N–H and O–H groups in total. The van der Waals surface area contributed by atoms with Gasteiger partial charge in [0.2, 0.25) is 0 Å². The van der Waals surface area contributed by atoms with E-state index in [0.717, 1.165) is 36.8 Å². The van der Waals surface area contributed by atoms with Gasteiger partial charge in [-0.2, -0.15) is 0 Å². The van der Waals surface area contributed by atoms with Gasteiger partial charge in [-0.05, 0) is 11.8 Å². The van der Waals surface area contributed by atoms with Gasteiger partial charge in [-0.1, -0.05) is 27.7 Å². The highest BCUT2D eigenvalue weighted by Crippen LogP contribution is 2.16. The van der Waals surface area contributed by atoms with Crippen molar-refractivity contribution in [1.29, 1.82) is 0 Å². The summed E-state index contributed by atoms with van der Waals surface area (Å²) in [6, 6.07) is 1.95. The van der Waals surface area contributed by atoms with Gasteiger partial charge in [-0.25, -0.2) is 9.97 Å². The van der Waals surface area contributed by atoms with Crippen molar-refractivity contribution in [3.8, 4) is 0 Å². The van der Waals surface area contributed by atoms with Gasteiger partial charge in [0.25, 0.3) is 0 Å². The SMILES string of the molecule is CCCc1nc(NC)cc(NCC(C)(C)C)n1. The summed E-state index contributed by atoms with van der Waals surface area (Å²) >= 11 is 0. The molecule has 0 aromatic carbocycles. The molecule has 0 unspecified atom stereocenters. The third-order valence-corrected chi connectivity index (χ3v) is 2.30. The van der Waals surface area contributed by atoms with Crippen molar-refractivity contribution in [1.82, 2.24) is 9.97 Å². The smallest absolute Gasteiger partial charge is 0.133 e. The van der Waals surface area contributed by atoms with Crippen LogP contribution in [0.3, 0.4) is 0 Å². The predicted octanol–water partition coefficient (Wildman–Crippen LogP) is 2.93. The Labute approximate surface area is 104 Å². The maximum Gasteiger partial charge on any atom is 0.133 e. The van der Waals surface area contributed by atoms with Crippen LogP contribution in [0.15, 0.2) is 6.07 Å². The van der Waals surface area contributed by atoms with Crippen molar-refractivity contribution in [2.24, 2.45) is 5.41 Å². The van der Waals surface area contributed by atoms with E-state index in [-0.39, 0.29) is 5.41 Å². The monoisotopic (exact) mass is 236 g/mol. The highest BCUT2D eigenvalue weighted by Gasteiger charge is 2.10. The van der Waals surface area contributed by atoms with E-state index in [1.54, 1.807) is 0 Å². The topological polar surface area (TPSA) is 49.8 Å². The normalized spacial score (nSPS) is 11.4. The van der Waals surface area contributed by atoms with Crippen LogP contribution in [0.5, 0.6) is 0 Å². The maximum absolute atomic E-state index is 4.51. The van der Waals surface area contributed by atoms with Crippen LogP contribution in [0.2, 0.25) is 0 Å². The highest BCUT2D eigenvalue weighted by molar-refractivity contribution is 5.47. The van der Waals surface area contributed by atoms with Crippen molar-refractivity contribution in [3.63, 3.8) is 0 Å². The molecular weight excluding hydrogens is 212 g/mol. The average Bonchev–Trinajstić information content (AvgIpc) is 2.25. The molecule has 0 aliphatic rings. The van der Waals surface area contributed by atoms with E-state index in [2.05, 4.69) is 48.3 Å². The second kappa shape index (κ2) is 5.84. The molecule has 0 saturated heterocycles. The lowest BCUT2D eigenvalue weighted by Gasteiger charge is -2.19. The van der Waals surface area contributed by atoms with Gasteiger partial charge in [-0.3, -0.25) is 0 Å². The molecule has 0 bridgehead atoms. The fourth-order valence-electron chi connectivity index (χ4n) is 1.41. The van der Waals surface area contributed by atoms with Crippen molar-refractivity contribution in [2.45, 2.75) is 40.5 Å². The number of hydrogen-bond donors (Lipinski definition) is 2. The lowest BCUT2D eigenvalue weighted by molar-refractivity contribution is 0.442. The predicted molar refractivity (Wildman–Crippen MR) is 73.5 cm³/mol. The summed E-state index contributed by atoms with van der Waals surface area (Å²) in [4.78, 5) is 8.94. The zero-order chi connectivity index (χ0) is 12.9. The molecule has 0 aliphatic heterocycles. The van der Waals surface area contributed by atoms with Crippen LogP contribution in [0.25, 0.3) is 0 Å². The van der Waals surface area contributed by atoms with Crippen LogP contribution in [-0.4, -0.2) is 23.6 Å². The van der Waals surface area contributed by atoms with Crippen LogP contribution >= 0.6 is 0 Å². The maximum atomic E-state index is 4.51. The van der Waals surface area contributed by atoms with E-state index in [1.165, 1.54) is 0 Å².